The molecule has 0 bridgehead atoms. The van der Waals surface area contributed by atoms with Crippen molar-refractivity contribution < 1.29 is 9.47 Å². The highest BCUT2D eigenvalue weighted by Crippen LogP contribution is 2.45. The zero-order chi connectivity index (χ0) is 21.7. The molecule has 0 saturated heterocycles. The number of nitrogens with one attached hydrogen (secondary N) is 1. The Balaban J connectivity index is 1.55. The fourth-order valence-corrected chi connectivity index (χ4v) is 5.08. The average molecular weight is 424 g/mol. The summed E-state index contributed by atoms with van der Waals surface area (Å²) in [5.41, 5.74) is 3.28. The summed E-state index contributed by atoms with van der Waals surface area (Å²) in [5.74, 6) is 3.12. The average Bonchev–Trinajstić information content (AvgIpc) is 3.28. The van der Waals surface area contributed by atoms with E-state index >= 15 is 0 Å². The van der Waals surface area contributed by atoms with Gasteiger partial charge in [0.2, 0.25) is 12.7 Å². The summed E-state index contributed by atoms with van der Waals surface area (Å²) in [4.78, 5) is 22.5. The molecule has 1 N–H and O–H groups in total. The van der Waals surface area contributed by atoms with Gasteiger partial charge in [-0.05, 0) is 49.7 Å². The van der Waals surface area contributed by atoms with Gasteiger partial charge in [0.1, 0.15) is 5.52 Å². The van der Waals surface area contributed by atoms with Gasteiger partial charge < -0.3 is 14.8 Å². The van der Waals surface area contributed by atoms with Gasteiger partial charge >= 0.3 is 5.69 Å². The van der Waals surface area contributed by atoms with Crippen LogP contribution < -0.4 is 20.5 Å². The highest BCUT2D eigenvalue weighted by atomic mass is 16.7. The molecule has 1 aromatic carbocycles. The van der Waals surface area contributed by atoms with Crippen LogP contribution in [-0.2, 0) is 7.05 Å². The molecule has 8 heteroatoms. The van der Waals surface area contributed by atoms with E-state index < -0.39 is 0 Å². The van der Waals surface area contributed by atoms with Gasteiger partial charge in [-0.25, -0.2) is 9.78 Å². The Morgan fingerprint density at radius 3 is 2.68 bits per heavy atom. The number of anilines is 2. The van der Waals surface area contributed by atoms with Crippen LogP contribution in [0.1, 0.15) is 51.1 Å². The number of aromatic nitrogens is 4. The van der Waals surface area contributed by atoms with Crippen molar-refractivity contribution in [2.45, 2.75) is 52.5 Å². The van der Waals surface area contributed by atoms with E-state index in [9.17, 15) is 4.79 Å². The minimum absolute atomic E-state index is 0.0192. The van der Waals surface area contributed by atoms with Crippen LogP contribution in [0.4, 0.5) is 11.6 Å². The van der Waals surface area contributed by atoms with E-state index in [4.69, 9.17) is 14.5 Å². The first-order chi connectivity index (χ1) is 15.0. The van der Waals surface area contributed by atoms with Crippen LogP contribution in [0.2, 0.25) is 0 Å². The molecule has 0 radical (unpaired) electrons. The van der Waals surface area contributed by atoms with Gasteiger partial charge in [-0.1, -0.05) is 20.3 Å². The van der Waals surface area contributed by atoms with E-state index in [-0.39, 0.29) is 18.5 Å². The molecular formula is C23H29N5O3. The molecule has 1 aliphatic heterocycles. The molecule has 2 aliphatic rings. The Labute approximate surface area is 181 Å². The lowest BCUT2D eigenvalue weighted by Crippen LogP contribution is -2.38. The summed E-state index contributed by atoms with van der Waals surface area (Å²) in [6.45, 7) is 6.63. The maximum atomic E-state index is 13.2. The van der Waals surface area contributed by atoms with E-state index in [0.717, 1.165) is 35.4 Å². The van der Waals surface area contributed by atoms with E-state index in [1.807, 2.05) is 23.6 Å². The first-order valence-electron chi connectivity index (χ1n) is 11.1. The predicted octanol–water partition coefficient (Wildman–Crippen LogP) is 4.30. The summed E-state index contributed by atoms with van der Waals surface area (Å²) in [6.07, 6.45) is 6.23. The summed E-state index contributed by atoms with van der Waals surface area (Å²) in [7, 11) is 1.80. The van der Waals surface area contributed by atoms with Crippen LogP contribution in [0.25, 0.3) is 11.2 Å². The number of hydrogen-bond donors (Lipinski definition) is 1. The molecule has 3 atom stereocenters. The molecule has 2 aromatic heterocycles. The van der Waals surface area contributed by atoms with Crippen molar-refractivity contribution in [3.8, 4) is 11.5 Å². The van der Waals surface area contributed by atoms with Crippen LogP contribution in [0.5, 0.6) is 11.5 Å². The molecule has 8 nitrogen and oxygen atoms in total. The number of hydrogen-bond acceptors (Lipinski definition) is 6. The number of aryl methyl sites for hydroxylation is 2. The van der Waals surface area contributed by atoms with E-state index in [1.165, 1.54) is 12.8 Å². The van der Waals surface area contributed by atoms with Gasteiger partial charge in [-0.3, -0.25) is 9.13 Å². The molecule has 3 heterocycles. The molecule has 0 spiro atoms. The second kappa shape index (κ2) is 7.59. The zero-order valence-corrected chi connectivity index (χ0v) is 18.5. The lowest BCUT2D eigenvalue weighted by atomic mass is 9.68. The summed E-state index contributed by atoms with van der Waals surface area (Å²) in [6, 6.07) is 4.00. The molecule has 1 aliphatic carbocycles. The highest BCUT2D eigenvalue weighted by molar-refractivity contribution is 5.74. The molecule has 5 rings (SSSR count). The quantitative estimate of drug-likeness (QED) is 0.637. The van der Waals surface area contributed by atoms with Gasteiger partial charge in [0, 0.05) is 24.8 Å². The van der Waals surface area contributed by atoms with Crippen molar-refractivity contribution in [3.05, 3.63) is 34.4 Å². The topological polar surface area (TPSA) is 83.2 Å². The van der Waals surface area contributed by atoms with Gasteiger partial charge in [-0.15, -0.1) is 0 Å². The first kappa shape index (κ1) is 19.9. The number of ether oxygens (including phenoxy) is 2. The van der Waals surface area contributed by atoms with E-state index in [2.05, 4.69) is 24.1 Å². The third kappa shape index (κ3) is 3.16. The molecule has 31 heavy (non-hydrogen) atoms. The van der Waals surface area contributed by atoms with Crippen LogP contribution in [0.3, 0.4) is 0 Å². The Bertz CT molecular complexity index is 1200. The Morgan fingerprint density at radius 1 is 1.23 bits per heavy atom. The Kier molecular flexibility index (Phi) is 4.87. The van der Waals surface area contributed by atoms with Crippen LogP contribution in [0, 0.1) is 18.8 Å². The third-order valence-corrected chi connectivity index (χ3v) is 7.04. The maximum Gasteiger partial charge on any atom is 0.330 e. The largest absolute Gasteiger partial charge is 0.454 e. The van der Waals surface area contributed by atoms with Crippen molar-refractivity contribution in [1.29, 1.82) is 0 Å². The number of nitrogens with zero attached hydrogens (tertiary/aromatic N) is 4. The molecule has 1 fully saturated rings. The van der Waals surface area contributed by atoms with Crippen molar-refractivity contribution >= 4 is 22.8 Å². The van der Waals surface area contributed by atoms with Crippen molar-refractivity contribution in [1.82, 2.24) is 19.1 Å². The normalized spacial score (nSPS) is 20.6. The fourth-order valence-electron chi connectivity index (χ4n) is 5.08. The number of rotatable bonds is 6. The summed E-state index contributed by atoms with van der Waals surface area (Å²) < 4.78 is 14.5. The lowest BCUT2D eigenvalue weighted by Gasteiger charge is -2.41. The van der Waals surface area contributed by atoms with Crippen molar-refractivity contribution in [3.63, 3.8) is 0 Å². The lowest BCUT2D eigenvalue weighted by molar-refractivity contribution is 0.101. The minimum Gasteiger partial charge on any atom is -0.454 e. The first-order valence-corrected chi connectivity index (χ1v) is 11.1. The van der Waals surface area contributed by atoms with Crippen LogP contribution in [0.15, 0.2) is 23.1 Å². The van der Waals surface area contributed by atoms with Crippen LogP contribution >= 0.6 is 0 Å². The summed E-state index contributed by atoms with van der Waals surface area (Å²) in [5, 5.41) is 3.30. The zero-order valence-electron chi connectivity index (χ0n) is 18.5. The van der Waals surface area contributed by atoms with Crippen LogP contribution in [-0.4, -0.2) is 25.9 Å². The standard InChI is InChI=1S/C23H29N5O3/c1-5-14-7-8-15(14)17(6-2)28-21-18(27(4)23(28)29)11-24-22(26-21)25-16-10-20-19(9-13(16)3)30-12-31-20/h9-11,14-15,17H,5-8,12H2,1-4H3,(H,24,25,26). The summed E-state index contributed by atoms with van der Waals surface area (Å²) >= 11 is 0. The number of benzene rings is 1. The fraction of sp³-hybridized carbons (Fsp3) is 0.522. The highest BCUT2D eigenvalue weighted by Gasteiger charge is 2.37. The number of fused-ring (bicyclic) bond motifs is 2. The SMILES string of the molecule is CCC1CCC1C(CC)n1c(=O)n(C)c2cnc(Nc3cc4c(cc3C)OCO4)nc21. The monoisotopic (exact) mass is 423 g/mol. The van der Waals surface area contributed by atoms with E-state index in [1.54, 1.807) is 17.8 Å². The second-order valence-electron chi connectivity index (χ2n) is 8.64. The number of imidazole rings is 1. The van der Waals surface area contributed by atoms with Gasteiger partial charge in [0.25, 0.3) is 0 Å². The maximum absolute atomic E-state index is 13.2. The molecule has 3 unspecified atom stereocenters. The van der Waals surface area contributed by atoms with E-state index in [0.29, 0.717) is 29.2 Å². The predicted molar refractivity (Wildman–Crippen MR) is 119 cm³/mol. The Hall–Kier alpha value is -3.03. The molecule has 0 amide bonds. The minimum atomic E-state index is -0.0192. The van der Waals surface area contributed by atoms with Crippen molar-refractivity contribution in [2.75, 3.05) is 12.1 Å². The molecule has 1 saturated carbocycles. The smallest absolute Gasteiger partial charge is 0.330 e. The molecule has 164 valence electrons. The second-order valence-corrected chi connectivity index (χ2v) is 8.64. The molecule has 3 aromatic rings. The third-order valence-electron chi connectivity index (χ3n) is 7.04. The van der Waals surface area contributed by atoms with Gasteiger partial charge in [0.05, 0.1) is 6.20 Å². The van der Waals surface area contributed by atoms with Crippen molar-refractivity contribution in [2.24, 2.45) is 18.9 Å². The van der Waals surface area contributed by atoms with Gasteiger partial charge in [-0.2, -0.15) is 4.98 Å². The van der Waals surface area contributed by atoms with Gasteiger partial charge in [0.15, 0.2) is 17.1 Å². The molecular weight excluding hydrogens is 394 g/mol. The Morgan fingerprint density at radius 2 is 2.00 bits per heavy atom.